The number of halogens is 1. The van der Waals surface area contributed by atoms with E-state index in [1.54, 1.807) is 28.8 Å². The van der Waals surface area contributed by atoms with Crippen molar-refractivity contribution in [3.63, 3.8) is 0 Å². The normalized spacial score (nSPS) is 11.1. The van der Waals surface area contributed by atoms with E-state index in [0.717, 1.165) is 11.1 Å². The molecule has 0 atom stereocenters. The highest BCUT2D eigenvalue weighted by atomic mass is 35.5. The Morgan fingerprint density at radius 3 is 2.55 bits per heavy atom. The first-order chi connectivity index (χ1) is 14.1. The van der Waals surface area contributed by atoms with Crippen molar-refractivity contribution in [2.45, 2.75) is 18.6 Å². The van der Waals surface area contributed by atoms with Crippen LogP contribution >= 0.6 is 34.7 Å². The van der Waals surface area contributed by atoms with Crippen LogP contribution in [0.2, 0.25) is 5.02 Å². The van der Waals surface area contributed by atoms with Crippen LogP contribution in [0.25, 0.3) is 21.3 Å². The molecule has 2 aromatic carbocycles. The van der Waals surface area contributed by atoms with Gasteiger partial charge in [0.25, 0.3) is 5.56 Å². The van der Waals surface area contributed by atoms with Crippen molar-refractivity contribution in [1.82, 2.24) is 9.55 Å². The fourth-order valence-electron chi connectivity index (χ4n) is 3.07. The van der Waals surface area contributed by atoms with Gasteiger partial charge in [-0.05, 0) is 36.8 Å². The fraction of sp³-hybridized carbons (Fsp3) is 0.136. The van der Waals surface area contributed by atoms with Gasteiger partial charge in [0.2, 0.25) is 0 Å². The Bertz CT molecular complexity index is 1230. The zero-order chi connectivity index (χ0) is 20.4. The second-order valence-electron chi connectivity index (χ2n) is 6.36. The number of hydrogen-bond donors (Lipinski definition) is 0. The van der Waals surface area contributed by atoms with E-state index < -0.39 is 0 Å². The molecule has 0 aliphatic heterocycles. The van der Waals surface area contributed by atoms with Crippen molar-refractivity contribution in [2.75, 3.05) is 5.75 Å². The Morgan fingerprint density at radius 1 is 1.14 bits per heavy atom. The number of rotatable bonds is 6. The lowest BCUT2D eigenvalue weighted by Gasteiger charge is -2.10. The van der Waals surface area contributed by atoms with E-state index in [1.807, 2.05) is 42.6 Å². The number of ketones is 1. The smallest absolute Gasteiger partial charge is 0.263 e. The summed E-state index contributed by atoms with van der Waals surface area (Å²) >= 11 is 8.62. The van der Waals surface area contributed by atoms with Crippen molar-refractivity contribution in [1.29, 1.82) is 0 Å². The van der Waals surface area contributed by atoms with Gasteiger partial charge >= 0.3 is 0 Å². The van der Waals surface area contributed by atoms with Crippen LogP contribution in [-0.2, 0) is 6.54 Å². The summed E-state index contributed by atoms with van der Waals surface area (Å²) in [5.74, 6) is 0.177. The Kier molecular flexibility index (Phi) is 5.85. The molecule has 29 heavy (non-hydrogen) atoms. The van der Waals surface area contributed by atoms with Gasteiger partial charge in [0.05, 0.1) is 11.1 Å². The van der Waals surface area contributed by atoms with Crippen LogP contribution in [0.5, 0.6) is 0 Å². The minimum atomic E-state index is -0.0703. The molecule has 4 aromatic rings. The average Bonchev–Trinajstić information content (AvgIpc) is 3.17. The van der Waals surface area contributed by atoms with Crippen LogP contribution in [0.1, 0.15) is 17.3 Å². The molecule has 7 heteroatoms. The van der Waals surface area contributed by atoms with Crippen LogP contribution in [0.4, 0.5) is 0 Å². The van der Waals surface area contributed by atoms with Crippen LogP contribution in [0, 0.1) is 0 Å². The van der Waals surface area contributed by atoms with Gasteiger partial charge in [-0.15, -0.1) is 11.3 Å². The predicted molar refractivity (Wildman–Crippen MR) is 121 cm³/mol. The van der Waals surface area contributed by atoms with E-state index in [-0.39, 0.29) is 17.1 Å². The second kappa shape index (κ2) is 8.53. The zero-order valence-corrected chi connectivity index (χ0v) is 18.0. The number of hydrogen-bond acceptors (Lipinski definition) is 5. The van der Waals surface area contributed by atoms with Gasteiger partial charge in [-0.2, -0.15) is 0 Å². The molecule has 0 unspecified atom stereocenters. The molecule has 0 N–H and O–H groups in total. The molecule has 0 aliphatic carbocycles. The third-order valence-electron chi connectivity index (χ3n) is 4.56. The molecule has 0 fully saturated rings. The summed E-state index contributed by atoms with van der Waals surface area (Å²) in [4.78, 5) is 31.1. The number of aromatic nitrogens is 2. The molecule has 0 saturated heterocycles. The van der Waals surface area contributed by atoms with E-state index in [9.17, 15) is 9.59 Å². The van der Waals surface area contributed by atoms with Crippen LogP contribution in [0.3, 0.4) is 0 Å². The number of thiophene rings is 1. The molecule has 4 rings (SSSR count). The molecule has 2 aromatic heterocycles. The number of carbonyl (C=O) groups is 1. The maximum absolute atomic E-state index is 13.2. The summed E-state index contributed by atoms with van der Waals surface area (Å²) in [6.45, 7) is 2.40. The summed E-state index contributed by atoms with van der Waals surface area (Å²) in [5.41, 5.74) is 2.42. The minimum absolute atomic E-state index is 0.0279. The molecule has 146 valence electrons. The van der Waals surface area contributed by atoms with Crippen molar-refractivity contribution in [3.8, 4) is 11.1 Å². The van der Waals surface area contributed by atoms with Gasteiger partial charge in [0, 0.05) is 28.1 Å². The number of benzene rings is 2. The summed E-state index contributed by atoms with van der Waals surface area (Å²) in [5, 5.41) is 3.76. The number of thioether (sulfide) groups is 1. The maximum Gasteiger partial charge on any atom is 0.263 e. The zero-order valence-electron chi connectivity index (χ0n) is 15.6. The molecule has 0 bridgehead atoms. The third-order valence-corrected chi connectivity index (χ3v) is 6.66. The van der Waals surface area contributed by atoms with Gasteiger partial charge in [-0.25, -0.2) is 4.98 Å². The van der Waals surface area contributed by atoms with Gasteiger partial charge in [-0.1, -0.05) is 53.7 Å². The lowest BCUT2D eigenvalue weighted by Crippen LogP contribution is -2.22. The number of nitrogens with zero attached hydrogens (tertiary/aromatic N) is 2. The van der Waals surface area contributed by atoms with Crippen LogP contribution in [-0.4, -0.2) is 21.1 Å². The summed E-state index contributed by atoms with van der Waals surface area (Å²) < 4.78 is 1.64. The summed E-state index contributed by atoms with van der Waals surface area (Å²) in [7, 11) is 0. The minimum Gasteiger partial charge on any atom is -0.293 e. The first-order valence-corrected chi connectivity index (χ1v) is 11.3. The lowest BCUT2D eigenvalue weighted by molar-refractivity contribution is 0.102. The van der Waals surface area contributed by atoms with Crippen molar-refractivity contribution in [2.24, 2.45) is 0 Å². The average molecular weight is 441 g/mol. The van der Waals surface area contributed by atoms with E-state index >= 15 is 0 Å². The van der Waals surface area contributed by atoms with Crippen LogP contribution < -0.4 is 5.56 Å². The molecule has 4 nitrogen and oxygen atoms in total. The predicted octanol–water partition coefficient (Wildman–Crippen LogP) is 5.77. The van der Waals surface area contributed by atoms with Gasteiger partial charge in [-0.3, -0.25) is 14.2 Å². The largest absolute Gasteiger partial charge is 0.293 e. The monoisotopic (exact) mass is 440 g/mol. The Morgan fingerprint density at radius 2 is 1.86 bits per heavy atom. The highest BCUT2D eigenvalue weighted by Crippen LogP contribution is 2.32. The Hall–Kier alpha value is -2.41. The molecule has 2 heterocycles. The molecule has 0 radical (unpaired) electrons. The first kappa shape index (κ1) is 19.9. The fourth-order valence-corrected chi connectivity index (χ4v) is 5.15. The van der Waals surface area contributed by atoms with Gasteiger partial charge in [0.15, 0.2) is 10.9 Å². The van der Waals surface area contributed by atoms with Crippen molar-refractivity contribution in [3.05, 3.63) is 80.9 Å². The van der Waals surface area contributed by atoms with E-state index in [1.165, 1.54) is 23.1 Å². The topological polar surface area (TPSA) is 52.0 Å². The molecule has 0 amide bonds. The van der Waals surface area contributed by atoms with Crippen LogP contribution in [0.15, 0.2) is 69.9 Å². The standard InChI is InChI=1S/C22H17ClN2O2S2/c1-2-25-21(27)19-17(14-6-4-3-5-7-14)12-28-20(19)24-22(25)29-13-18(26)15-8-10-16(23)11-9-15/h3-12H,2,13H2,1H3. The number of carbonyl (C=O) groups excluding carboxylic acids is 1. The molecular formula is C22H17ClN2O2S2. The number of fused-ring (bicyclic) bond motifs is 1. The lowest BCUT2D eigenvalue weighted by atomic mass is 10.1. The molecule has 0 aliphatic rings. The first-order valence-electron chi connectivity index (χ1n) is 9.07. The summed E-state index contributed by atoms with van der Waals surface area (Å²) in [6.07, 6.45) is 0. The highest BCUT2D eigenvalue weighted by Gasteiger charge is 2.17. The van der Waals surface area contributed by atoms with E-state index in [4.69, 9.17) is 16.6 Å². The molecule has 0 saturated carbocycles. The van der Waals surface area contributed by atoms with Gasteiger partial charge in [0.1, 0.15) is 4.83 Å². The number of Topliss-reactive ketones (excluding diaryl/α,β-unsaturated/α-hetero) is 1. The quantitative estimate of drug-likeness (QED) is 0.217. The maximum atomic E-state index is 13.2. The van der Waals surface area contributed by atoms with Gasteiger partial charge < -0.3 is 0 Å². The van der Waals surface area contributed by atoms with E-state index in [2.05, 4.69) is 0 Å². The highest BCUT2D eigenvalue weighted by molar-refractivity contribution is 7.99. The Balaban J connectivity index is 1.68. The summed E-state index contributed by atoms with van der Waals surface area (Å²) in [6, 6.07) is 16.7. The van der Waals surface area contributed by atoms with E-state index in [0.29, 0.717) is 32.5 Å². The SMILES string of the molecule is CCn1c(SCC(=O)c2ccc(Cl)cc2)nc2scc(-c3ccccc3)c2c1=O. The van der Waals surface area contributed by atoms with Crippen molar-refractivity contribution < 1.29 is 4.79 Å². The third kappa shape index (κ3) is 4.01. The Labute approximate surface area is 181 Å². The second-order valence-corrected chi connectivity index (χ2v) is 8.60. The molecular weight excluding hydrogens is 424 g/mol. The van der Waals surface area contributed by atoms with Crippen molar-refractivity contribution >= 4 is 50.7 Å². The molecule has 0 spiro atoms.